The maximum atomic E-state index is 13.5. The Morgan fingerprint density at radius 3 is 2.33 bits per heavy atom. The first-order valence-corrected chi connectivity index (χ1v) is 13.0. The minimum absolute atomic E-state index is 0.0529. The van der Waals surface area contributed by atoms with Crippen LogP contribution < -0.4 is 9.62 Å². The minimum Gasteiger partial charge on any atom is -0.352 e. The van der Waals surface area contributed by atoms with Crippen LogP contribution in [0.1, 0.15) is 38.3 Å². The lowest BCUT2D eigenvalue weighted by atomic mass is 10.1. The molecule has 1 N–H and O–H groups in total. The van der Waals surface area contributed by atoms with Crippen LogP contribution in [0, 0.1) is 6.92 Å². The molecule has 2 amide bonds. The van der Waals surface area contributed by atoms with Gasteiger partial charge < -0.3 is 10.2 Å². The first kappa shape index (κ1) is 26.7. The monoisotopic (exact) mass is 493 g/mol. The van der Waals surface area contributed by atoms with Crippen LogP contribution in [0.25, 0.3) is 0 Å². The second-order valence-electron chi connectivity index (χ2n) is 8.25. The smallest absolute Gasteiger partial charge is 0.244 e. The predicted molar refractivity (Wildman–Crippen MR) is 133 cm³/mol. The summed E-state index contributed by atoms with van der Waals surface area (Å²) < 4.78 is 26.2. The number of anilines is 1. The van der Waals surface area contributed by atoms with Crippen LogP contribution >= 0.6 is 11.6 Å². The first-order valence-electron chi connectivity index (χ1n) is 10.8. The fraction of sp³-hybridized carbons (Fsp3) is 0.417. The van der Waals surface area contributed by atoms with E-state index >= 15 is 0 Å². The molecule has 0 aliphatic carbocycles. The van der Waals surface area contributed by atoms with Crippen molar-refractivity contribution in [1.82, 2.24) is 10.2 Å². The summed E-state index contributed by atoms with van der Waals surface area (Å²) in [6.07, 6.45) is 1.80. The van der Waals surface area contributed by atoms with Gasteiger partial charge in [-0.15, -0.1) is 0 Å². The Morgan fingerprint density at radius 1 is 1.09 bits per heavy atom. The third-order valence-corrected chi connectivity index (χ3v) is 6.75. The highest BCUT2D eigenvalue weighted by atomic mass is 35.5. The van der Waals surface area contributed by atoms with E-state index in [2.05, 4.69) is 5.32 Å². The maximum Gasteiger partial charge on any atom is 0.244 e. The van der Waals surface area contributed by atoms with Gasteiger partial charge in [-0.1, -0.05) is 42.8 Å². The molecule has 0 unspecified atom stereocenters. The van der Waals surface area contributed by atoms with Crippen LogP contribution in [0.15, 0.2) is 48.5 Å². The van der Waals surface area contributed by atoms with E-state index in [1.165, 1.54) is 4.90 Å². The van der Waals surface area contributed by atoms with E-state index in [4.69, 9.17) is 11.6 Å². The van der Waals surface area contributed by atoms with Crippen molar-refractivity contribution in [1.29, 1.82) is 0 Å². The van der Waals surface area contributed by atoms with Gasteiger partial charge in [0.15, 0.2) is 0 Å². The van der Waals surface area contributed by atoms with Crippen LogP contribution in [0.4, 0.5) is 5.69 Å². The minimum atomic E-state index is -3.75. The highest BCUT2D eigenvalue weighted by Crippen LogP contribution is 2.21. The van der Waals surface area contributed by atoms with E-state index in [1.807, 2.05) is 26.8 Å². The van der Waals surface area contributed by atoms with Gasteiger partial charge >= 0.3 is 0 Å². The second-order valence-corrected chi connectivity index (χ2v) is 10.6. The lowest BCUT2D eigenvalue weighted by Gasteiger charge is -2.32. The largest absolute Gasteiger partial charge is 0.352 e. The normalized spacial score (nSPS) is 13.2. The lowest BCUT2D eigenvalue weighted by molar-refractivity contribution is -0.139. The summed E-state index contributed by atoms with van der Waals surface area (Å²) in [5, 5.41) is 3.40. The standard InChI is InChI=1S/C24H32ClN3O4S/c1-6-18(3)26-24(30)19(4)27(15-20-10-8-11-21(25)14-20)23(29)16-28(33(5,31)32)22-12-7-9-17(2)13-22/h7-14,18-19H,6,15-16H2,1-5H3,(H,26,30)/t18-,19-/m1/s1. The van der Waals surface area contributed by atoms with Gasteiger partial charge in [-0.3, -0.25) is 13.9 Å². The van der Waals surface area contributed by atoms with E-state index < -0.39 is 28.5 Å². The molecule has 33 heavy (non-hydrogen) atoms. The number of aryl methyl sites for hydroxylation is 1. The topological polar surface area (TPSA) is 86.8 Å². The molecule has 7 nitrogen and oxygen atoms in total. The molecule has 0 spiro atoms. The Bertz CT molecular complexity index is 1090. The highest BCUT2D eigenvalue weighted by Gasteiger charge is 2.30. The Kier molecular flexibility index (Phi) is 9.31. The summed E-state index contributed by atoms with van der Waals surface area (Å²) in [5.41, 5.74) is 2.00. The molecule has 0 aromatic heterocycles. The quantitative estimate of drug-likeness (QED) is 0.546. The van der Waals surface area contributed by atoms with Crippen molar-refractivity contribution >= 4 is 39.1 Å². The average Bonchev–Trinajstić information content (AvgIpc) is 2.74. The molecular weight excluding hydrogens is 462 g/mol. The number of amides is 2. The molecule has 2 atom stereocenters. The van der Waals surface area contributed by atoms with Crippen LogP contribution in [0.5, 0.6) is 0 Å². The number of carbonyl (C=O) groups is 2. The number of hydrogen-bond acceptors (Lipinski definition) is 4. The summed E-state index contributed by atoms with van der Waals surface area (Å²) in [5.74, 6) is -0.796. The zero-order valence-electron chi connectivity index (χ0n) is 19.7. The van der Waals surface area contributed by atoms with Crippen molar-refractivity contribution in [3.05, 3.63) is 64.7 Å². The number of nitrogens with one attached hydrogen (secondary N) is 1. The third kappa shape index (κ3) is 7.75. The van der Waals surface area contributed by atoms with Gasteiger partial charge in [0, 0.05) is 17.6 Å². The fourth-order valence-electron chi connectivity index (χ4n) is 3.28. The number of rotatable bonds is 10. The van der Waals surface area contributed by atoms with Crippen LogP contribution in [-0.4, -0.2) is 50.0 Å². The van der Waals surface area contributed by atoms with Crippen LogP contribution in [-0.2, 0) is 26.2 Å². The zero-order valence-corrected chi connectivity index (χ0v) is 21.3. The molecule has 0 fully saturated rings. The van der Waals surface area contributed by atoms with Gasteiger partial charge in [0.25, 0.3) is 0 Å². The average molecular weight is 494 g/mol. The molecule has 0 aliphatic heterocycles. The summed E-state index contributed by atoms with van der Waals surface area (Å²) in [4.78, 5) is 27.7. The molecule has 0 radical (unpaired) electrons. The number of carbonyl (C=O) groups excluding carboxylic acids is 2. The maximum absolute atomic E-state index is 13.5. The molecule has 0 bridgehead atoms. The first-order chi connectivity index (χ1) is 15.4. The van der Waals surface area contributed by atoms with E-state index in [9.17, 15) is 18.0 Å². The second kappa shape index (κ2) is 11.5. The van der Waals surface area contributed by atoms with Gasteiger partial charge in [-0.25, -0.2) is 8.42 Å². The molecule has 2 aromatic carbocycles. The lowest BCUT2D eigenvalue weighted by Crippen LogP contribution is -2.52. The van der Waals surface area contributed by atoms with Crippen LogP contribution in [0.2, 0.25) is 5.02 Å². The van der Waals surface area contributed by atoms with E-state index in [0.29, 0.717) is 10.7 Å². The Morgan fingerprint density at radius 2 is 1.76 bits per heavy atom. The zero-order chi connectivity index (χ0) is 24.8. The SMILES string of the molecule is CC[C@@H](C)NC(=O)[C@@H](C)N(Cc1cccc(Cl)c1)C(=O)CN(c1cccc(C)c1)S(C)(=O)=O. The third-order valence-electron chi connectivity index (χ3n) is 5.38. The van der Waals surface area contributed by atoms with Gasteiger partial charge in [0.1, 0.15) is 12.6 Å². The molecule has 180 valence electrons. The van der Waals surface area contributed by atoms with Crippen molar-refractivity contribution in [3.63, 3.8) is 0 Å². The molecule has 9 heteroatoms. The molecular formula is C24H32ClN3O4S. The van der Waals surface area contributed by atoms with Crippen molar-refractivity contribution in [2.45, 2.75) is 52.7 Å². The molecule has 0 aliphatic rings. The van der Waals surface area contributed by atoms with Gasteiger partial charge in [-0.2, -0.15) is 0 Å². The van der Waals surface area contributed by atoms with Crippen molar-refractivity contribution in [2.24, 2.45) is 0 Å². The Balaban J connectivity index is 2.38. The van der Waals surface area contributed by atoms with Crippen LogP contribution in [0.3, 0.4) is 0 Å². The predicted octanol–water partition coefficient (Wildman–Crippen LogP) is 3.75. The number of sulfonamides is 1. The van der Waals surface area contributed by atoms with E-state index in [-0.39, 0.29) is 18.5 Å². The van der Waals surface area contributed by atoms with Crippen molar-refractivity contribution < 1.29 is 18.0 Å². The summed E-state index contributed by atoms with van der Waals surface area (Å²) in [6.45, 7) is 7.01. The van der Waals surface area contributed by atoms with E-state index in [0.717, 1.165) is 28.1 Å². The summed E-state index contributed by atoms with van der Waals surface area (Å²) >= 11 is 6.11. The number of halogens is 1. The van der Waals surface area contributed by atoms with E-state index in [1.54, 1.807) is 49.4 Å². The highest BCUT2D eigenvalue weighted by molar-refractivity contribution is 7.92. The van der Waals surface area contributed by atoms with Gasteiger partial charge in [-0.05, 0) is 62.6 Å². The van der Waals surface area contributed by atoms with Gasteiger partial charge in [0.2, 0.25) is 21.8 Å². The number of benzene rings is 2. The molecule has 0 saturated heterocycles. The Hall–Kier alpha value is -2.58. The van der Waals surface area contributed by atoms with Gasteiger partial charge in [0.05, 0.1) is 11.9 Å². The molecule has 0 saturated carbocycles. The molecule has 0 heterocycles. The fourth-order valence-corrected chi connectivity index (χ4v) is 4.33. The molecule has 2 aromatic rings. The van der Waals surface area contributed by atoms with Crippen molar-refractivity contribution in [3.8, 4) is 0 Å². The summed E-state index contributed by atoms with van der Waals surface area (Å²) in [7, 11) is -3.75. The molecule has 2 rings (SSSR count). The number of nitrogens with zero attached hydrogens (tertiary/aromatic N) is 2. The van der Waals surface area contributed by atoms with Crippen molar-refractivity contribution in [2.75, 3.05) is 17.1 Å². The Labute approximate surface area is 201 Å². The summed E-state index contributed by atoms with van der Waals surface area (Å²) in [6, 6.07) is 13.1. The number of hydrogen-bond donors (Lipinski definition) is 1.